The van der Waals surface area contributed by atoms with Gasteiger partial charge in [-0.05, 0) is 24.3 Å². The Kier molecular flexibility index (Phi) is 4.26. The van der Waals surface area contributed by atoms with E-state index in [4.69, 9.17) is 5.73 Å². The smallest absolute Gasteiger partial charge is 0.240 e. The van der Waals surface area contributed by atoms with Crippen LogP contribution in [0.4, 0.5) is 0 Å². The fourth-order valence-corrected chi connectivity index (χ4v) is 2.82. The van der Waals surface area contributed by atoms with Gasteiger partial charge in [-0.1, -0.05) is 0 Å². The van der Waals surface area contributed by atoms with Gasteiger partial charge in [0.05, 0.1) is 9.79 Å². The van der Waals surface area contributed by atoms with E-state index in [9.17, 15) is 16.8 Å². The zero-order chi connectivity index (χ0) is 13.1. The number of nitrogens with two attached hydrogens (primary N) is 1. The Morgan fingerprint density at radius 3 is 1.94 bits per heavy atom. The van der Waals surface area contributed by atoms with Gasteiger partial charge >= 0.3 is 0 Å². The van der Waals surface area contributed by atoms with E-state index in [1.807, 2.05) is 0 Å². The van der Waals surface area contributed by atoms with Crippen LogP contribution in [0.3, 0.4) is 0 Å². The highest BCUT2D eigenvalue weighted by molar-refractivity contribution is 7.90. The van der Waals surface area contributed by atoms with Gasteiger partial charge in [0.2, 0.25) is 10.0 Å². The molecule has 1 rings (SSSR count). The first kappa shape index (κ1) is 14.1. The Balaban J connectivity index is 3.03. The molecule has 0 aliphatic rings. The number of sulfone groups is 1. The van der Waals surface area contributed by atoms with Gasteiger partial charge < -0.3 is 5.73 Å². The lowest BCUT2D eigenvalue weighted by Crippen LogP contribution is -2.29. The highest BCUT2D eigenvalue weighted by Gasteiger charge is 2.14. The maximum atomic E-state index is 11.6. The average Bonchev–Trinajstić information content (AvgIpc) is 2.25. The van der Waals surface area contributed by atoms with E-state index in [1.165, 1.54) is 24.3 Å². The van der Waals surface area contributed by atoms with Crippen LogP contribution in [0.25, 0.3) is 0 Å². The Hall–Kier alpha value is -0.960. The van der Waals surface area contributed by atoms with Crippen molar-refractivity contribution in [3.8, 4) is 0 Å². The summed E-state index contributed by atoms with van der Waals surface area (Å²) in [6, 6.07) is 5.00. The molecule has 0 saturated heterocycles. The van der Waals surface area contributed by atoms with Crippen molar-refractivity contribution in [3.63, 3.8) is 0 Å². The summed E-state index contributed by atoms with van der Waals surface area (Å²) >= 11 is 0. The summed E-state index contributed by atoms with van der Waals surface area (Å²) < 4.78 is 47.9. The average molecular weight is 278 g/mol. The summed E-state index contributed by atoms with van der Waals surface area (Å²) in [7, 11) is -6.93. The summed E-state index contributed by atoms with van der Waals surface area (Å²) in [4.78, 5) is 0.0913. The number of benzene rings is 1. The van der Waals surface area contributed by atoms with Crippen molar-refractivity contribution in [3.05, 3.63) is 24.3 Å². The third-order valence-corrected chi connectivity index (χ3v) is 4.60. The minimum atomic E-state index is -3.61. The quantitative estimate of drug-likeness (QED) is 0.742. The van der Waals surface area contributed by atoms with Gasteiger partial charge in [-0.3, -0.25) is 0 Å². The molecule has 0 saturated carbocycles. The summed E-state index contributed by atoms with van der Waals surface area (Å²) in [5.74, 6) is 0. The molecule has 1 aromatic carbocycles. The van der Waals surface area contributed by atoms with Crippen molar-refractivity contribution < 1.29 is 16.8 Å². The molecule has 0 unspecified atom stereocenters. The van der Waals surface area contributed by atoms with E-state index in [-0.39, 0.29) is 22.9 Å². The lowest BCUT2D eigenvalue weighted by atomic mass is 10.4. The largest absolute Gasteiger partial charge is 0.329 e. The number of hydrogen-bond acceptors (Lipinski definition) is 5. The SMILES string of the molecule is CS(=O)(=O)c1ccc(S(=O)(=O)NCCN)cc1. The van der Waals surface area contributed by atoms with E-state index < -0.39 is 19.9 Å². The van der Waals surface area contributed by atoms with Crippen LogP contribution < -0.4 is 10.5 Å². The van der Waals surface area contributed by atoms with Crippen molar-refractivity contribution in [1.29, 1.82) is 0 Å². The van der Waals surface area contributed by atoms with Crippen molar-refractivity contribution in [1.82, 2.24) is 4.72 Å². The predicted octanol–water partition coefficient (Wildman–Crippen LogP) is -0.673. The molecule has 0 aromatic heterocycles. The Labute approximate surface area is 101 Å². The number of sulfonamides is 1. The van der Waals surface area contributed by atoms with Crippen molar-refractivity contribution in [2.24, 2.45) is 5.73 Å². The molecular weight excluding hydrogens is 264 g/mol. The first-order valence-electron chi connectivity index (χ1n) is 4.77. The zero-order valence-corrected chi connectivity index (χ0v) is 10.9. The first-order valence-corrected chi connectivity index (χ1v) is 8.15. The van der Waals surface area contributed by atoms with E-state index in [0.29, 0.717) is 0 Å². The van der Waals surface area contributed by atoms with Crippen LogP contribution in [0.1, 0.15) is 0 Å². The summed E-state index contributed by atoms with van der Waals surface area (Å²) in [6.45, 7) is 0.330. The van der Waals surface area contributed by atoms with Gasteiger partial charge in [0.25, 0.3) is 0 Å². The van der Waals surface area contributed by atoms with Crippen LogP contribution in [0, 0.1) is 0 Å². The monoisotopic (exact) mass is 278 g/mol. The lowest BCUT2D eigenvalue weighted by molar-refractivity contribution is 0.581. The van der Waals surface area contributed by atoms with Crippen LogP contribution in [-0.2, 0) is 19.9 Å². The maximum absolute atomic E-state index is 11.6. The fraction of sp³-hybridized carbons (Fsp3) is 0.333. The normalized spacial score (nSPS) is 12.6. The molecule has 0 heterocycles. The van der Waals surface area contributed by atoms with Gasteiger partial charge in [-0.25, -0.2) is 21.6 Å². The standard InChI is InChI=1S/C9H14N2O4S2/c1-16(12,13)8-2-4-9(5-3-8)17(14,15)11-7-6-10/h2-5,11H,6-7,10H2,1H3. The minimum absolute atomic E-state index is 0.0124. The molecule has 0 fully saturated rings. The Bertz CT molecular complexity index is 576. The van der Waals surface area contributed by atoms with Crippen LogP contribution in [-0.4, -0.2) is 36.2 Å². The molecular formula is C9H14N2O4S2. The van der Waals surface area contributed by atoms with Gasteiger partial charge in [0.15, 0.2) is 9.84 Å². The van der Waals surface area contributed by atoms with E-state index in [1.54, 1.807) is 0 Å². The highest BCUT2D eigenvalue weighted by atomic mass is 32.2. The van der Waals surface area contributed by atoms with Gasteiger partial charge in [-0.15, -0.1) is 0 Å². The molecule has 0 radical (unpaired) electrons. The van der Waals surface area contributed by atoms with Crippen LogP contribution >= 0.6 is 0 Å². The lowest BCUT2D eigenvalue weighted by Gasteiger charge is -2.06. The molecule has 96 valence electrons. The van der Waals surface area contributed by atoms with E-state index >= 15 is 0 Å². The first-order chi connectivity index (χ1) is 7.77. The second-order valence-corrected chi connectivity index (χ2v) is 7.21. The summed E-state index contributed by atoms with van der Waals surface area (Å²) in [6.07, 6.45) is 1.06. The summed E-state index contributed by atoms with van der Waals surface area (Å²) in [5, 5.41) is 0. The van der Waals surface area contributed by atoms with Gasteiger partial charge in [0, 0.05) is 19.3 Å². The van der Waals surface area contributed by atoms with Crippen molar-refractivity contribution >= 4 is 19.9 Å². The molecule has 0 bridgehead atoms. The molecule has 0 atom stereocenters. The molecule has 17 heavy (non-hydrogen) atoms. The third kappa shape index (κ3) is 3.77. The second-order valence-electron chi connectivity index (χ2n) is 3.43. The number of rotatable bonds is 5. The van der Waals surface area contributed by atoms with Crippen molar-refractivity contribution in [2.45, 2.75) is 9.79 Å². The Morgan fingerprint density at radius 2 is 1.53 bits per heavy atom. The molecule has 3 N–H and O–H groups in total. The third-order valence-electron chi connectivity index (χ3n) is 2.00. The van der Waals surface area contributed by atoms with Crippen molar-refractivity contribution in [2.75, 3.05) is 19.3 Å². The molecule has 6 nitrogen and oxygen atoms in total. The Morgan fingerprint density at radius 1 is 1.06 bits per heavy atom. The van der Waals surface area contributed by atoms with E-state index in [0.717, 1.165) is 6.26 Å². The molecule has 0 spiro atoms. The molecule has 0 amide bonds. The van der Waals surface area contributed by atoms with Gasteiger partial charge in [0.1, 0.15) is 0 Å². The van der Waals surface area contributed by atoms with Crippen LogP contribution in [0.15, 0.2) is 34.1 Å². The molecule has 1 aromatic rings. The predicted molar refractivity (Wildman–Crippen MR) is 63.8 cm³/mol. The number of hydrogen-bond donors (Lipinski definition) is 2. The molecule has 0 aliphatic carbocycles. The zero-order valence-electron chi connectivity index (χ0n) is 9.25. The topological polar surface area (TPSA) is 106 Å². The maximum Gasteiger partial charge on any atom is 0.240 e. The molecule has 0 aliphatic heterocycles. The number of nitrogens with one attached hydrogen (secondary N) is 1. The summed E-state index contributed by atoms with van der Waals surface area (Å²) in [5.41, 5.74) is 5.19. The second kappa shape index (κ2) is 5.13. The van der Waals surface area contributed by atoms with E-state index in [2.05, 4.69) is 4.72 Å². The highest BCUT2D eigenvalue weighted by Crippen LogP contribution is 2.13. The fourth-order valence-electron chi connectivity index (χ4n) is 1.14. The van der Waals surface area contributed by atoms with Gasteiger partial charge in [-0.2, -0.15) is 0 Å². The minimum Gasteiger partial charge on any atom is -0.329 e. The van der Waals surface area contributed by atoms with Crippen LogP contribution in [0.2, 0.25) is 0 Å². The molecule has 8 heteroatoms. The van der Waals surface area contributed by atoms with Crippen LogP contribution in [0.5, 0.6) is 0 Å².